The zero-order chi connectivity index (χ0) is 17.3. The van der Waals surface area contributed by atoms with Crippen LogP contribution >= 0.6 is 0 Å². The van der Waals surface area contributed by atoms with Crippen molar-refractivity contribution >= 4 is 5.91 Å². The van der Waals surface area contributed by atoms with E-state index in [0.717, 1.165) is 35.7 Å². The smallest absolute Gasteiger partial charge is 0.251 e. The van der Waals surface area contributed by atoms with E-state index in [0.29, 0.717) is 12.0 Å². The molecule has 2 heteroatoms. The van der Waals surface area contributed by atoms with Crippen molar-refractivity contribution in [1.82, 2.24) is 5.32 Å². The fraction of sp³-hybridized carbons (Fsp3) is 0.458. The topological polar surface area (TPSA) is 29.1 Å². The lowest BCUT2D eigenvalue weighted by atomic mass is 9.62. The second kappa shape index (κ2) is 5.22. The largest absolute Gasteiger partial charge is 0.352 e. The monoisotopic (exact) mass is 343 g/mol. The van der Waals surface area contributed by atoms with Gasteiger partial charge in [0.15, 0.2) is 0 Å². The molecule has 26 heavy (non-hydrogen) atoms. The minimum Gasteiger partial charge on any atom is -0.352 e. The maximum absolute atomic E-state index is 12.2. The van der Waals surface area contributed by atoms with Crippen LogP contribution in [0.25, 0.3) is 0 Å². The Morgan fingerprint density at radius 3 is 2.81 bits per heavy atom. The van der Waals surface area contributed by atoms with E-state index < -0.39 is 0 Å². The quantitative estimate of drug-likeness (QED) is 0.859. The minimum atomic E-state index is 0.0272. The maximum Gasteiger partial charge on any atom is 0.251 e. The molecule has 0 radical (unpaired) electrons. The first-order chi connectivity index (χ1) is 12.7. The lowest BCUT2D eigenvalue weighted by Crippen LogP contribution is -2.35. The van der Waals surface area contributed by atoms with Crippen molar-refractivity contribution in [2.45, 2.75) is 43.9 Å². The summed E-state index contributed by atoms with van der Waals surface area (Å²) in [6.07, 6.45) is 6.78. The van der Waals surface area contributed by atoms with Crippen LogP contribution < -0.4 is 5.32 Å². The summed E-state index contributed by atoms with van der Waals surface area (Å²) >= 11 is 0. The summed E-state index contributed by atoms with van der Waals surface area (Å²) in [5.41, 5.74) is 6.17. The number of benzene rings is 2. The third-order valence-corrected chi connectivity index (χ3v) is 7.90. The maximum atomic E-state index is 12.2. The van der Waals surface area contributed by atoms with Gasteiger partial charge in [-0.3, -0.25) is 4.79 Å². The van der Waals surface area contributed by atoms with Gasteiger partial charge in [-0.1, -0.05) is 36.4 Å². The average molecular weight is 343 g/mol. The molecule has 2 aromatic rings. The number of rotatable bonds is 4. The van der Waals surface area contributed by atoms with Gasteiger partial charge in [-0.2, -0.15) is 0 Å². The molecule has 2 bridgehead atoms. The van der Waals surface area contributed by atoms with Crippen LogP contribution in [-0.4, -0.2) is 12.5 Å². The Morgan fingerprint density at radius 1 is 1.04 bits per heavy atom. The Kier molecular flexibility index (Phi) is 3.01. The molecule has 0 heterocycles. The molecule has 3 fully saturated rings. The third kappa shape index (κ3) is 2.02. The highest BCUT2D eigenvalue weighted by Crippen LogP contribution is 2.81. The van der Waals surface area contributed by atoms with Gasteiger partial charge in [0.2, 0.25) is 0 Å². The van der Waals surface area contributed by atoms with E-state index in [1.165, 1.54) is 31.2 Å². The van der Waals surface area contributed by atoms with Crippen molar-refractivity contribution in [2.75, 3.05) is 6.54 Å². The summed E-state index contributed by atoms with van der Waals surface area (Å²) in [6, 6.07) is 16.7. The van der Waals surface area contributed by atoms with E-state index in [4.69, 9.17) is 0 Å². The van der Waals surface area contributed by atoms with Gasteiger partial charge < -0.3 is 5.32 Å². The Hall–Kier alpha value is -2.09. The zero-order valence-electron chi connectivity index (χ0n) is 15.1. The van der Waals surface area contributed by atoms with Gasteiger partial charge in [0.05, 0.1) is 0 Å². The molecule has 1 N–H and O–H groups in total. The first-order valence-electron chi connectivity index (χ1n) is 10.2. The molecule has 132 valence electrons. The molecule has 3 saturated carbocycles. The number of nitrogens with one attached hydrogen (secondary N) is 1. The number of hydrogen-bond donors (Lipinski definition) is 1. The SMILES string of the molecule is O=C(NCCc1ccc2c(c1)C1CC13CC1CC2CC13)c1ccccc1. The normalized spacial score (nSPS) is 34.9. The molecule has 5 unspecified atom stereocenters. The molecular formula is C24H25NO. The van der Waals surface area contributed by atoms with Crippen molar-refractivity contribution < 1.29 is 4.79 Å². The molecule has 0 aliphatic heterocycles. The number of carbonyl (C=O) groups excluding carboxylic acids is 1. The average Bonchev–Trinajstić information content (AvgIpc) is 3.31. The molecule has 1 amide bonds. The number of hydrogen-bond acceptors (Lipinski definition) is 1. The Labute approximate surface area is 155 Å². The molecule has 2 nitrogen and oxygen atoms in total. The highest BCUT2D eigenvalue weighted by atomic mass is 16.1. The summed E-state index contributed by atoms with van der Waals surface area (Å²) in [7, 11) is 0. The fourth-order valence-electron chi connectivity index (χ4n) is 6.63. The van der Waals surface area contributed by atoms with Crippen LogP contribution in [0.1, 0.15) is 64.6 Å². The summed E-state index contributed by atoms with van der Waals surface area (Å²) in [5.74, 6) is 3.80. The van der Waals surface area contributed by atoms with Crippen LogP contribution in [0.4, 0.5) is 0 Å². The van der Waals surface area contributed by atoms with E-state index in [-0.39, 0.29) is 5.91 Å². The lowest BCUT2D eigenvalue weighted by Gasteiger charge is -2.43. The Balaban J connectivity index is 1.17. The second-order valence-corrected chi connectivity index (χ2v) is 9.06. The Bertz CT molecular complexity index is 888. The van der Waals surface area contributed by atoms with Crippen LogP contribution in [0.3, 0.4) is 0 Å². The van der Waals surface area contributed by atoms with Crippen molar-refractivity contribution in [3.05, 3.63) is 70.8 Å². The molecule has 4 aliphatic carbocycles. The van der Waals surface area contributed by atoms with Crippen LogP contribution in [-0.2, 0) is 6.42 Å². The summed E-state index contributed by atoms with van der Waals surface area (Å²) < 4.78 is 0. The summed E-state index contributed by atoms with van der Waals surface area (Å²) in [4.78, 5) is 12.2. The molecule has 5 atom stereocenters. The molecular weight excluding hydrogens is 318 g/mol. The lowest BCUT2D eigenvalue weighted by molar-refractivity contribution is 0.0724. The molecule has 0 saturated heterocycles. The number of carbonyl (C=O) groups is 1. The zero-order valence-corrected chi connectivity index (χ0v) is 15.1. The van der Waals surface area contributed by atoms with Crippen molar-refractivity contribution in [3.8, 4) is 0 Å². The van der Waals surface area contributed by atoms with E-state index in [1.54, 1.807) is 11.1 Å². The predicted molar refractivity (Wildman–Crippen MR) is 102 cm³/mol. The predicted octanol–water partition coefficient (Wildman–Crippen LogP) is 4.66. The fourth-order valence-corrected chi connectivity index (χ4v) is 6.63. The van der Waals surface area contributed by atoms with Gasteiger partial charge >= 0.3 is 0 Å². The number of amides is 1. The standard InChI is InChI=1S/C24H25NO/c26-23(16-4-2-1-3-5-16)25-9-8-15-6-7-19-17-11-18-13-24(21(18)12-17)14-22(24)20(19)10-15/h1-7,10,17-18,21-22H,8-9,11-14H2,(H,25,26). The van der Waals surface area contributed by atoms with Crippen LogP contribution in [0.2, 0.25) is 0 Å². The Morgan fingerprint density at radius 2 is 1.92 bits per heavy atom. The molecule has 4 aliphatic rings. The van der Waals surface area contributed by atoms with Gasteiger partial charge in [-0.05, 0) is 90.0 Å². The van der Waals surface area contributed by atoms with E-state index in [9.17, 15) is 4.79 Å². The van der Waals surface area contributed by atoms with Crippen molar-refractivity contribution in [1.29, 1.82) is 0 Å². The molecule has 6 rings (SSSR count). The highest BCUT2D eigenvalue weighted by molar-refractivity contribution is 5.94. The molecule has 1 spiro atoms. The first-order valence-corrected chi connectivity index (χ1v) is 10.2. The third-order valence-electron chi connectivity index (χ3n) is 7.90. The summed E-state index contributed by atoms with van der Waals surface area (Å²) in [5, 5.41) is 3.06. The van der Waals surface area contributed by atoms with Gasteiger partial charge in [-0.25, -0.2) is 0 Å². The van der Waals surface area contributed by atoms with E-state index in [2.05, 4.69) is 23.5 Å². The van der Waals surface area contributed by atoms with Gasteiger partial charge in [0, 0.05) is 12.1 Å². The van der Waals surface area contributed by atoms with Gasteiger partial charge in [-0.15, -0.1) is 0 Å². The summed E-state index contributed by atoms with van der Waals surface area (Å²) in [6.45, 7) is 0.705. The first kappa shape index (κ1) is 15.0. The van der Waals surface area contributed by atoms with Crippen molar-refractivity contribution in [3.63, 3.8) is 0 Å². The van der Waals surface area contributed by atoms with E-state index >= 15 is 0 Å². The van der Waals surface area contributed by atoms with Gasteiger partial charge in [0.25, 0.3) is 5.91 Å². The van der Waals surface area contributed by atoms with Crippen LogP contribution in [0, 0.1) is 17.3 Å². The van der Waals surface area contributed by atoms with Crippen LogP contribution in [0.15, 0.2) is 48.5 Å². The minimum absolute atomic E-state index is 0.0272. The second-order valence-electron chi connectivity index (χ2n) is 9.06. The molecule has 2 aromatic carbocycles. The van der Waals surface area contributed by atoms with E-state index in [1.807, 2.05) is 30.3 Å². The van der Waals surface area contributed by atoms with Crippen LogP contribution in [0.5, 0.6) is 0 Å². The molecule has 0 aromatic heterocycles. The van der Waals surface area contributed by atoms with Gasteiger partial charge in [0.1, 0.15) is 0 Å². The van der Waals surface area contributed by atoms with Crippen molar-refractivity contribution in [2.24, 2.45) is 17.3 Å². The highest BCUT2D eigenvalue weighted by Gasteiger charge is 2.71. The number of fused-ring (bicyclic) bond motifs is 4.